The standard InChI is InChI=1S/C22H30O9S/c1-20-8-6-13(23)10-12(20)4-5-14-15-7-9-22(26,21(15,2)11-16(24)17(14)20)18(19(25)30-3)31-32(27,28)29/h6,8,10,14-18,24,26H,4-5,7,9,11H2,1-3H3,(H,27,28,29)/t14-,15-,16-,17+,18-,20-,21-,22-/m0/s1. The molecule has 3 saturated carbocycles. The van der Waals surface area contributed by atoms with Crippen molar-refractivity contribution in [1.82, 2.24) is 0 Å². The molecule has 0 aromatic carbocycles. The maximum Gasteiger partial charge on any atom is 0.398 e. The summed E-state index contributed by atoms with van der Waals surface area (Å²) in [6, 6.07) is 0. The molecule has 0 unspecified atom stereocenters. The molecule has 8 atom stereocenters. The molecule has 10 heteroatoms. The summed E-state index contributed by atoms with van der Waals surface area (Å²) in [5.41, 5.74) is -2.54. The van der Waals surface area contributed by atoms with E-state index >= 15 is 0 Å². The van der Waals surface area contributed by atoms with Crippen molar-refractivity contribution < 1.29 is 41.7 Å². The van der Waals surface area contributed by atoms with Crippen LogP contribution in [0.4, 0.5) is 0 Å². The molecular formula is C22H30O9S. The highest BCUT2D eigenvalue weighted by Gasteiger charge is 2.69. The van der Waals surface area contributed by atoms with Crippen LogP contribution >= 0.6 is 0 Å². The Bertz CT molecular complexity index is 1000. The van der Waals surface area contributed by atoms with Gasteiger partial charge in [-0.15, -0.1) is 0 Å². The van der Waals surface area contributed by atoms with Gasteiger partial charge in [0.25, 0.3) is 0 Å². The zero-order chi connectivity index (χ0) is 23.7. The summed E-state index contributed by atoms with van der Waals surface area (Å²) in [7, 11) is -4.02. The minimum Gasteiger partial charge on any atom is -0.467 e. The van der Waals surface area contributed by atoms with E-state index in [1.807, 2.05) is 13.0 Å². The molecular weight excluding hydrogens is 440 g/mol. The minimum atomic E-state index is -5.06. The van der Waals surface area contributed by atoms with E-state index in [1.54, 1.807) is 13.0 Å². The molecule has 0 amide bonds. The van der Waals surface area contributed by atoms with Crippen molar-refractivity contribution in [2.45, 2.75) is 63.8 Å². The molecule has 0 aromatic rings. The van der Waals surface area contributed by atoms with E-state index in [1.165, 1.54) is 6.08 Å². The van der Waals surface area contributed by atoms with Crippen LogP contribution in [-0.2, 0) is 28.9 Å². The number of ether oxygens (including phenoxy) is 1. The topological polar surface area (TPSA) is 147 Å². The number of carbonyl (C=O) groups excluding carboxylic acids is 2. The molecule has 0 heterocycles. The van der Waals surface area contributed by atoms with Crippen LogP contribution in [0.3, 0.4) is 0 Å². The number of methoxy groups -OCH3 is 1. The Morgan fingerprint density at radius 1 is 1.28 bits per heavy atom. The summed E-state index contributed by atoms with van der Waals surface area (Å²) < 4.78 is 41.5. The number of aliphatic hydroxyl groups excluding tert-OH is 1. The molecule has 0 aliphatic heterocycles. The van der Waals surface area contributed by atoms with Gasteiger partial charge >= 0.3 is 16.4 Å². The highest BCUT2D eigenvalue weighted by molar-refractivity contribution is 7.80. The first-order valence-corrected chi connectivity index (χ1v) is 12.2. The Kier molecular flexibility index (Phi) is 5.49. The highest BCUT2D eigenvalue weighted by atomic mass is 32.3. The van der Waals surface area contributed by atoms with Crippen LogP contribution in [0.5, 0.6) is 0 Å². The zero-order valence-corrected chi connectivity index (χ0v) is 19.2. The Morgan fingerprint density at radius 2 is 1.97 bits per heavy atom. The second-order valence-electron chi connectivity index (χ2n) is 10.1. The van der Waals surface area contributed by atoms with E-state index < -0.39 is 45.0 Å². The van der Waals surface area contributed by atoms with Gasteiger partial charge in [0, 0.05) is 16.7 Å². The fourth-order valence-electron chi connectivity index (χ4n) is 7.34. The first-order chi connectivity index (χ1) is 14.8. The lowest BCUT2D eigenvalue weighted by Crippen LogP contribution is -2.64. The van der Waals surface area contributed by atoms with Gasteiger partial charge in [0.2, 0.25) is 6.10 Å². The first-order valence-electron chi connectivity index (χ1n) is 10.8. The van der Waals surface area contributed by atoms with Crippen molar-refractivity contribution in [3.05, 3.63) is 23.8 Å². The van der Waals surface area contributed by atoms with Crippen molar-refractivity contribution >= 4 is 22.2 Å². The number of rotatable bonds is 4. The number of hydrogen-bond donors (Lipinski definition) is 3. The molecule has 3 N–H and O–H groups in total. The van der Waals surface area contributed by atoms with E-state index in [-0.39, 0.29) is 36.4 Å². The van der Waals surface area contributed by atoms with E-state index in [0.717, 1.165) is 12.7 Å². The van der Waals surface area contributed by atoms with Crippen molar-refractivity contribution in [2.75, 3.05) is 7.11 Å². The van der Waals surface area contributed by atoms with Crippen molar-refractivity contribution in [1.29, 1.82) is 0 Å². The van der Waals surface area contributed by atoms with Crippen molar-refractivity contribution in [3.63, 3.8) is 0 Å². The SMILES string of the molecule is COC(=O)[C@H](OS(=O)(=O)O)[C@@]1(O)CC[C@H]2[C@@H]3CCC4=CC(=O)C=C[C@]4(C)[C@H]3[C@@H](O)C[C@@]21C. The number of ketones is 1. The summed E-state index contributed by atoms with van der Waals surface area (Å²) in [6.07, 6.45) is 4.23. The van der Waals surface area contributed by atoms with E-state index in [0.29, 0.717) is 19.3 Å². The Labute approximate surface area is 187 Å². The Hall–Kier alpha value is -1.59. The number of aliphatic hydroxyl groups is 2. The number of allylic oxidation sites excluding steroid dienone is 4. The van der Waals surface area contributed by atoms with E-state index in [9.17, 15) is 32.8 Å². The largest absolute Gasteiger partial charge is 0.467 e. The lowest BCUT2D eigenvalue weighted by atomic mass is 9.46. The lowest BCUT2D eigenvalue weighted by Gasteiger charge is -2.60. The summed E-state index contributed by atoms with van der Waals surface area (Å²) in [5.74, 6) is -1.53. The molecule has 0 saturated heterocycles. The predicted octanol–water partition coefficient (Wildman–Crippen LogP) is 1.36. The quantitative estimate of drug-likeness (QED) is 0.409. The minimum absolute atomic E-state index is 0.0261. The second kappa shape index (κ2) is 7.46. The van der Waals surface area contributed by atoms with Gasteiger partial charge in [-0.25, -0.2) is 8.98 Å². The van der Waals surface area contributed by atoms with Crippen LogP contribution in [0.2, 0.25) is 0 Å². The zero-order valence-electron chi connectivity index (χ0n) is 18.4. The second-order valence-corrected chi connectivity index (χ2v) is 11.1. The first kappa shape index (κ1) is 23.6. The number of carbonyl (C=O) groups is 2. The third-order valence-electron chi connectivity index (χ3n) is 8.78. The fraction of sp³-hybridized carbons (Fsp3) is 0.727. The van der Waals surface area contributed by atoms with Crippen LogP contribution in [-0.4, -0.2) is 59.9 Å². The monoisotopic (exact) mass is 470 g/mol. The van der Waals surface area contributed by atoms with E-state index in [4.69, 9.17) is 0 Å². The molecule has 9 nitrogen and oxygen atoms in total. The summed E-state index contributed by atoms with van der Waals surface area (Å²) in [4.78, 5) is 24.4. The van der Waals surface area contributed by atoms with Crippen molar-refractivity contribution in [3.8, 4) is 0 Å². The van der Waals surface area contributed by atoms with Gasteiger partial charge in [0.15, 0.2) is 5.78 Å². The predicted molar refractivity (Wildman–Crippen MR) is 111 cm³/mol. The summed E-state index contributed by atoms with van der Waals surface area (Å²) in [5, 5.41) is 23.1. The van der Waals surface area contributed by atoms with Gasteiger partial charge < -0.3 is 14.9 Å². The number of fused-ring (bicyclic) bond motifs is 5. The van der Waals surface area contributed by atoms with Crippen LogP contribution < -0.4 is 0 Å². The Balaban J connectivity index is 1.74. The number of esters is 1. The van der Waals surface area contributed by atoms with Crippen molar-refractivity contribution in [2.24, 2.45) is 28.6 Å². The summed E-state index contributed by atoms with van der Waals surface area (Å²) in [6.45, 7) is 3.76. The van der Waals surface area contributed by atoms with Crippen LogP contribution in [0.1, 0.15) is 46.0 Å². The lowest BCUT2D eigenvalue weighted by molar-refractivity contribution is -0.204. The van der Waals surface area contributed by atoms with Gasteiger partial charge in [0.05, 0.1) is 13.2 Å². The van der Waals surface area contributed by atoms with Crippen LogP contribution in [0, 0.1) is 28.6 Å². The van der Waals surface area contributed by atoms with Gasteiger partial charge in [-0.2, -0.15) is 8.42 Å². The third kappa shape index (κ3) is 3.30. The smallest absolute Gasteiger partial charge is 0.398 e. The fourth-order valence-corrected chi connectivity index (χ4v) is 7.82. The molecule has 4 aliphatic carbocycles. The summed E-state index contributed by atoms with van der Waals surface area (Å²) >= 11 is 0. The Morgan fingerprint density at radius 3 is 2.59 bits per heavy atom. The van der Waals surface area contributed by atoms with Gasteiger partial charge in [-0.1, -0.05) is 25.5 Å². The molecule has 0 radical (unpaired) electrons. The maximum absolute atomic E-state index is 12.4. The molecule has 0 aromatic heterocycles. The number of hydrogen-bond acceptors (Lipinski definition) is 8. The molecule has 3 fully saturated rings. The molecule has 4 rings (SSSR count). The normalized spacial score (nSPS) is 44.2. The molecule has 0 spiro atoms. The molecule has 4 aliphatic rings. The van der Waals surface area contributed by atoms with Gasteiger partial charge in [-0.05, 0) is 56.1 Å². The van der Waals surface area contributed by atoms with Crippen LogP contribution in [0.15, 0.2) is 23.8 Å². The van der Waals surface area contributed by atoms with Gasteiger partial charge in [-0.3, -0.25) is 9.35 Å². The average Bonchev–Trinajstić information content (AvgIpc) is 2.96. The van der Waals surface area contributed by atoms with Gasteiger partial charge in [0.1, 0.15) is 5.60 Å². The molecule has 32 heavy (non-hydrogen) atoms. The average molecular weight is 471 g/mol. The van der Waals surface area contributed by atoms with Crippen LogP contribution in [0.25, 0.3) is 0 Å². The molecule has 178 valence electrons. The molecule has 0 bridgehead atoms. The maximum atomic E-state index is 12.4. The van der Waals surface area contributed by atoms with E-state index in [2.05, 4.69) is 8.92 Å². The highest BCUT2D eigenvalue weighted by Crippen LogP contribution is 2.67. The third-order valence-corrected chi connectivity index (χ3v) is 9.21.